The SMILES string of the molecule is Cc1cc(NC(=N)NN)ccc1N=NC1C=CC(/N=N/c2ccc(S(=O)(=O)O)cc2)=CC1S(=O)(=O)O. The fourth-order valence-electron chi connectivity index (χ4n) is 3.02. The normalized spacial score (nSPS) is 18.4. The molecule has 0 fully saturated rings. The fraction of sp³-hybridized carbons (Fsp3) is 0.150. The molecule has 0 amide bonds. The molecule has 36 heavy (non-hydrogen) atoms. The number of nitrogens with zero attached hydrogens (tertiary/aromatic N) is 4. The summed E-state index contributed by atoms with van der Waals surface area (Å²) in [5.74, 6) is 5.04. The number of hydrogen-bond donors (Lipinski definition) is 6. The second-order valence-corrected chi connectivity index (χ2v) is 10.4. The lowest BCUT2D eigenvalue weighted by Crippen LogP contribution is -2.35. The third kappa shape index (κ3) is 7.09. The van der Waals surface area contributed by atoms with Gasteiger partial charge < -0.3 is 5.32 Å². The number of hydrogen-bond acceptors (Lipinski definition) is 10. The summed E-state index contributed by atoms with van der Waals surface area (Å²) >= 11 is 0. The lowest BCUT2D eigenvalue weighted by atomic mass is 10.1. The first-order valence-corrected chi connectivity index (χ1v) is 13.0. The van der Waals surface area contributed by atoms with E-state index in [9.17, 15) is 21.4 Å². The minimum absolute atomic E-state index is 0.109. The number of hydrazine groups is 1. The number of anilines is 1. The van der Waals surface area contributed by atoms with Crippen LogP contribution in [-0.2, 0) is 20.2 Å². The van der Waals surface area contributed by atoms with Gasteiger partial charge in [-0.1, -0.05) is 6.08 Å². The Morgan fingerprint density at radius 2 is 1.72 bits per heavy atom. The van der Waals surface area contributed by atoms with Crippen LogP contribution in [-0.4, -0.2) is 43.2 Å². The van der Waals surface area contributed by atoms with Crippen molar-refractivity contribution in [1.29, 1.82) is 5.41 Å². The van der Waals surface area contributed by atoms with Crippen LogP contribution < -0.4 is 16.6 Å². The van der Waals surface area contributed by atoms with E-state index in [0.717, 1.165) is 12.1 Å². The highest BCUT2D eigenvalue weighted by molar-refractivity contribution is 7.86. The molecule has 0 radical (unpaired) electrons. The van der Waals surface area contributed by atoms with Gasteiger partial charge in [-0.3, -0.25) is 19.9 Å². The van der Waals surface area contributed by atoms with E-state index < -0.39 is 31.5 Å². The molecule has 2 atom stereocenters. The molecule has 190 valence electrons. The van der Waals surface area contributed by atoms with Crippen molar-refractivity contribution in [2.45, 2.75) is 23.1 Å². The number of benzene rings is 2. The Balaban J connectivity index is 1.78. The van der Waals surface area contributed by atoms with Crippen LogP contribution in [0, 0.1) is 12.3 Å². The average Bonchev–Trinajstić information content (AvgIpc) is 2.81. The molecule has 0 aliphatic heterocycles. The van der Waals surface area contributed by atoms with Crippen LogP contribution in [0.5, 0.6) is 0 Å². The molecule has 0 heterocycles. The van der Waals surface area contributed by atoms with Gasteiger partial charge >= 0.3 is 0 Å². The number of aryl methyl sites for hydroxylation is 1. The predicted octanol–water partition coefficient (Wildman–Crippen LogP) is 3.00. The van der Waals surface area contributed by atoms with Crippen molar-refractivity contribution in [2.24, 2.45) is 26.3 Å². The van der Waals surface area contributed by atoms with Gasteiger partial charge in [-0.2, -0.15) is 37.3 Å². The topological polar surface area (TPSA) is 232 Å². The van der Waals surface area contributed by atoms with Crippen LogP contribution >= 0.6 is 0 Å². The molecule has 14 nitrogen and oxygen atoms in total. The molecule has 7 N–H and O–H groups in total. The van der Waals surface area contributed by atoms with Crippen LogP contribution in [0.2, 0.25) is 0 Å². The predicted molar refractivity (Wildman–Crippen MR) is 131 cm³/mol. The maximum absolute atomic E-state index is 12.0. The van der Waals surface area contributed by atoms with Gasteiger partial charge in [-0.25, -0.2) is 5.84 Å². The fourth-order valence-corrected chi connectivity index (χ4v) is 4.31. The lowest BCUT2D eigenvalue weighted by Gasteiger charge is -2.18. The van der Waals surface area contributed by atoms with Crippen LogP contribution in [0.15, 0.2) is 91.7 Å². The van der Waals surface area contributed by atoms with Gasteiger partial charge in [-0.15, -0.1) is 0 Å². The van der Waals surface area contributed by atoms with Crippen molar-refractivity contribution in [1.82, 2.24) is 5.43 Å². The zero-order valence-electron chi connectivity index (χ0n) is 18.6. The maximum Gasteiger partial charge on any atom is 0.294 e. The van der Waals surface area contributed by atoms with Crippen molar-refractivity contribution < 1.29 is 25.9 Å². The molecular weight excluding hydrogens is 512 g/mol. The number of nitrogens with two attached hydrogens (primary N) is 1. The number of rotatable bonds is 7. The van der Waals surface area contributed by atoms with Crippen molar-refractivity contribution in [3.8, 4) is 0 Å². The smallest absolute Gasteiger partial charge is 0.294 e. The molecular formula is C20H22N8O6S2. The molecule has 3 rings (SSSR count). The Kier molecular flexibility index (Phi) is 8.06. The molecule has 2 unspecified atom stereocenters. The summed E-state index contributed by atoms with van der Waals surface area (Å²) in [6, 6.07) is 8.77. The van der Waals surface area contributed by atoms with Gasteiger partial charge in [0.15, 0.2) is 0 Å². The standard InChI is InChI=1S/C20H22N8O6S2/c1-12-10-14(23-20(21)24-22)4-8-17(12)27-28-18-9-5-15(11-19(18)36(32,33)34)26-25-13-2-6-16(7-3-13)35(29,30)31/h2-11,18-19H,22H2,1H3,(H3,21,23,24)(H,29,30,31)(H,32,33,34)/b26-25+,28-27?. The Labute approximate surface area is 206 Å². The molecule has 0 spiro atoms. The third-order valence-electron chi connectivity index (χ3n) is 4.80. The molecule has 0 saturated heterocycles. The van der Waals surface area contributed by atoms with E-state index >= 15 is 0 Å². The van der Waals surface area contributed by atoms with E-state index in [1.165, 1.54) is 30.4 Å². The number of allylic oxidation sites excluding steroid dienone is 1. The molecule has 16 heteroatoms. The lowest BCUT2D eigenvalue weighted by molar-refractivity contribution is 0.468. The first-order valence-electron chi connectivity index (χ1n) is 10.1. The highest BCUT2D eigenvalue weighted by Crippen LogP contribution is 2.27. The highest BCUT2D eigenvalue weighted by Gasteiger charge is 2.32. The van der Waals surface area contributed by atoms with Crippen molar-refractivity contribution in [3.63, 3.8) is 0 Å². The van der Waals surface area contributed by atoms with E-state index in [-0.39, 0.29) is 22.2 Å². The van der Waals surface area contributed by atoms with Gasteiger partial charge in [0.05, 0.1) is 22.0 Å². The van der Waals surface area contributed by atoms with Gasteiger partial charge in [0, 0.05) is 5.69 Å². The second kappa shape index (κ2) is 10.8. The largest absolute Gasteiger partial charge is 0.325 e. The summed E-state index contributed by atoms with van der Waals surface area (Å²) in [5, 5.41) is 24.7. The van der Waals surface area contributed by atoms with E-state index in [2.05, 4.69) is 31.2 Å². The number of nitrogens with one attached hydrogen (secondary N) is 3. The molecule has 0 saturated carbocycles. The van der Waals surface area contributed by atoms with Crippen molar-refractivity contribution >= 4 is 43.3 Å². The summed E-state index contributed by atoms with van der Waals surface area (Å²) in [5.41, 5.74) is 4.22. The van der Waals surface area contributed by atoms with Crippen molar-refractivity contribution in [3.05, 3.63) is 72.0 Å². The third-order valence-corrected chi connectivity index (χ3v) is 6.78. The van der Waals surface area contributed by atoms with E-state index in [0.29, 0.717) is 16.9 Å². The average molecular weight is 535 g/mol. The van der Waals surface area contributed by atoms with Crippen LogP contribution in [0.1, 0.15) is 5.56 Å². The molecule has 1 aliphatic rings. The summed E-state index contributed by atoms with van der Waals surface area (Å²) in [6.45, 7) is 1.75. The summed E-state index contributed by atoms with van der Waals surface area (Å²) < 4.78 is 64.9. The van der Waals surface area contributed by atoms with E-state index in [1.807, 2.05) is 0 Å². The Morgan fingerprint density at radius 3 is 2.31 bits per heavy atom. The van der Waals surface area contributed by atoms with Crippen LogP contribution in [0.3, 0.4) is 0 Å². The van der Waals surface area contributed by atoms with Gasteiger partial charge in [-0.05, 0) is 67.1 Å². The zero-order chi connectivity index (χ0) is 26.5. The monoisotopic (exact) mass is 534 g/mol. The minimum atomic E-state index is -4.58. The molecule has 1 aliphatic carbocycles. The second-order valence-electron chi connectivity index (χ2n) is 7.45. The number of guanidine groups is 1. The molecule has 0 bridgehead atoms. The highest BCUT2D eigenvalue weighted by atomic mass is 32.2. The van der Waals surface area contributed by atoms with Crippen molar-refractivity contribution in [2.75, 3.05) is 5.32 Å². The minimum Gasteiger partial charge on any atom is -0.325 e. The van der Waals surface area contributed by atoms with Crippen LogP contribution in [0.4, 0.5) is 17.1 Å². The van der Waals surface area contributed by atoms with Crippen LogP contribution in [0.25, 0.3) is 0 Å². The van der Waals surface area contributed by atoms with E-state index in [1.54, 1.807) is 25.1 Å². The zero-order valence-corrected chi connectivity index (χ0v) is 20.3. The van der Waals surface area contributed by atoms with Gasteiger partial charge in [0.1, 0.15) is 11.3 Å². The van der Waals surface area contributed by atoms with Gasteiger partial charge in [0.2, 0.25) is 5.96 Å². The Hall–Kier alpha value is -3.83. The summed E-state index contributed by atoms with van der Waals surface area (Å²) in [7, 11) is -8.93. The quantitative estimate of drug-likeness (QED) is 0.0764. The first kappa shape index (κ1) is 26.8. The summed E-state index contributed by atoms with van der Waals surface area (Å²) in [6.07, 6.45) is 4.02. The Morgan fingerprint density at radius 1 is 1.03 bits per heavy atom. The first-order chi connectivity index (χ1) is 16.9. The van der Waals surface area contributed by atoms with E-state index in [4.69, 9.17) is 15.8 Å². The van der Waals surface area contributed by atoms with Gasteiger partial charge in [0.25, 0.3) is 20.2 Å². The summed E-state index contributed by atoms with van der Waals surface area (Å²) in [4.78, 5) is -0.314. The Bertz CT molecular complexity index is 1480. The molecule has 2 aromatic rings. The molecule has 2 aromatic carbocycles. The molecule has 0 aromatic heterocycles. The number of azo groups is 2. The maximum atomic E-state index is 12.0.